The lowest BCUT2D eigenvalue weighted by Gasteiger charge is -2.31. The number of pyridine rings is 2. The molecule has 10 heteroatoms. The predicted octanol–water partition coefficient (Wildman–Crippen LogP) is 3.95. The zero-order valence-electron chi connectivity index (χ0n) is 20.9. The minimum absolute atomic E-state index is 0.0636. The second kappa shape index (κ2) is 9.39. The highest BCUT2D eigenvalue weighted by Gasteiger charge is 2.45. The number of hydrogen-bond donors (Lipinski definition) is 1. The SMILES string of the molecule is CC[C@@]1(O)C(=O)OCc2c1cc1n(c2=O)Cc2cc3cccc(/C=N/OCCc4ccc(F)cc4F)c3nc2-1. The number of nitrogens with zero attached hydrogens (tertiary/aromatic N) is 3. The van der Waals surface area contributed by atoms with Gasteiger partial charge in [-0.2, -0.15) is 0 Å². The lowest BCUT2D eigenvalue weighted by molar-refractivity contribution is -0.172. The van der Waals surface area contributed by atoms with Gasteiger partial charge in [0.05, 0.1) is 35.2 Å². The number of halogens is 2. The molecule has 0 fully saturated rings. The van der Waals surface area contributed by atoms with Gasteiger partial charge in [0.15, 0.2) is 5.60 Å². The minimum atomic E-state index is -1.89. The molecule has 4 aromatic rings. The summed E-state index contributed by atoms with van der Waals surface area (Å²) in [6.07, 6.45) is 1.79. The van der Waals surface area contributed by atoms with Crippen LogP contribution in [0.2, 0.25) is 0 Å². The Hall–Kier alpha value is -4.44. The van der Waals surface area contributed by atoms with E-state index in [0.29, 0.717) is 34.6 Å². The third kappa shape index (κ3) is 4.08. The summed E-state index contributed by atoms with van der Waals surface area (Å²) in [6, 6.07) is 12.6. The van der Waals surface area contributed by atoms with Crippen LogP contribution >= 0.6 is 0 Å². The second-order valence-electron chi connectivity index (χ2n) is 9.57. The smallest absolute Gasteiger partial charge is 0.343 e. The van der Waals surface area contributed by atoms with Crippen molar-refractivity contribution in [2.45, 2.75) is 38.5 Å². The van der Waals surface area contributed by atoms with Gasteiger partial charge in [0, 0.05) is 34.6 Å². The Morgan fingerprint density at radius 3 is 2.85 bits per heavy atom. The highest BCUT2D eigenvalue weighted by atomic mass is 19.1. The van der Waals surface area contributed by atoms with Gasteiger partial charge in [0.25, 0.3) is 5.56 Å². The molecule has 0 amide bonds. The van der Waals surface area contributed by atoms with Gasteiger partial charge >= 0.3 is 5.97 Å². The van der Waals surface area contributed by atoms with E-state index in [1.807, 2.05) is 24.3 Å². The number of fused-ring (bicyclic) bond motifs is 5. The number of esters is 1. The maximum atomic E-state index is 13.8. The zero-order valence-corrected chi connectivity index (χ0v) is 20.9. The summed E-state index contributed by atoms with van der Waals surface area (Å²) >= 11 is 0. The number of aromatic nitrogens is 2. The number of hydrogen-bond acceptors (Lipinski definition) is 7. The topological polar surface area (TPSA) is 103 Å². The molecule has 1 atom stereocenters. The van der Waals surface area contributed by atoms with Crippen molar-refractivity contribution >= 4 is 23.1 Å². The van der Waals surface area contributed by atoms with Crippen molar-refractivity contribution in [3.8, 4) is 11.4 Å². The molecule has 0 bridgehead atoms. The maximum Gasteiger partial charge on any atom is 0.343 e. The zero-order chi connectivity index (χ0) is 27.3. The number of cyclic esters (lactones) is 1. The van der Waals surface area contributed by atoms with Crippen LogP contribution in [0.4, 0.5) is 8.78 Å². The first kappa shape index (κ1) is 24.9. The summed E-state index contributed by atoms with van der Waals surface area (Å²) in [5.41, 5.74) is 1.85. The number of oxime groups is 1. The Labute approximate surface area is 221 Å². The van der Waals surface area contributed by atoms with E-state index in [-0.39, 0.29) is 42.7 Å². The molecule has 198 valence electrons. The molecule has 8 nitrogen and oxygen atoms in total. The van der Waals surface area contributed by atoms with E-state index in [2.05, 4.69) is 5.16 Å². The van der Waals surface area contributed by atoms with Crippen molar-refractivity contribution in [1.29, 1.82) is 0 Å². The van der Waals surface area contributed by atoms with Gasteiger partial charge in [0.2, 0.25) is 0 Å². The van der Waals surface area contributed by atoms with Crippen LogP contribution in [0.3, 0.4) is 0 Å². The molecule has 1 N–H and O–H groups in total. The van der Waals surface area contributed by atoms with Crippen LogP contribution < -0.4 is 5.56 Å². The number of aliphatic hydroxyl groups is 1. The number of rotatable bonds is 6. The van der Waals surface area contributed by atoms with Gasteiger partial charge in [0.1, 0.15) is 24.8 Å². The van der Waals surface area contributed by atoms with E-state index >= 15 is 0 Å². The summed E-state index contributed by atoms with van der Waals surface area (Å²) in [5, 5.41) is 15.9. The molecule has 6 rings (SSSR count). The van der Waals surface area contributed by atoms with Crippen LogP contribution in [0.1, 0.15) is 41.2 Å². The molecule has 39 heavy (non-hydrogen) atoms. The highest BCUT2D eigenvalue weighted by molar-refractivity contribution is 5.98. The molecule has 0 saturated heterocycles. The quantitative estimate of drug-likeness (QED) is 0.154. The number of para-hydroxylation sites is 1. The molecular formula is C29H23F2N3O5. The second-order valence-corrected chi connectivity index (χ2v) is 9.57. The third-order valence-electron chi connectivity index (χ3n) is 7.31. The summed E-state index contributed by atoms with van der Waals surface area (Å²) < 4.78 is 33.6. The Morgan fingerprint density at radius 2 is 2.05 bits per heavy atom. The first-order chi connectivity index (χ1) is 18.8. The fraction of sp³-hybridized carbons (Fsp3) is 0.241. The first-order valence-electron chi connectivity index (χ1n) is 12.5. The van der Waals surface area contributed by atoms with Gasteiger partial charge < -0.3 is 19.2 Å². The summed E-state index contributed by atoms with van der Waals surface area (Å²) in [6.45, 7) is 1.87. The molecule has 2 aromatic carbocycles. The number of benzene rings is 2. The van der Waals surface area contributed by atoms with Crippen LogP contribution in [0, 0.1) is 11.6 Å². The van der Waals surface area contributed by atoms with Crippen molar-refractivity contribution in [3.63, 3.8) is 0 Å². The van der Waals surface area contributed by atoms with Crippen LogP contribution in [-0.4, -0.2) is 33.4 Å². The van der Waals surface area contributed by atoms with Gasteiger partial charge in [-0.25, -0.2) is 18.6 Å². The van der Waals surface area contributed by atoms with Crippen molar-refractivity contribution < 1.29 is 28.3 Å². The van der Waals surface area contributed by atoms with Crippen LogP contribution in [0.5, 0.6) is 0 Å². The minimum Gasteiger partial charge on any atom is -0.458 e. The average molecular weight is 532 g/mol. The number of ether oxygens (including phenoxy) is 1. The van der Waals surface area contributed by atoms with E-state index in [0.717, 1.165) is 17.0 Å². The molecule has 0 radical (unpaired) electrons. The fourth-order valence-corrected chi connectivity index (χ4v) is 5.16. The van der Waals surface area contributed by atoms with E-state index in [9.17, 15) is 23.5 Å². The molecular weight excluding hydrogens is 508 g/mol. The Morgan fingerprint density at radius 1 is 1.21 bits per heavy atom. The Kier molecular flexibility index (Phi) is 5.99. The van der Waals surface area contributed by atoms with E-state index in [1.54, 1.807) is 17.6 Å². The van der Waals surface area contributed by atoms with Crippen LogP contribution in [0.15, 0.2) is 58.5 Å². The molecule has 0 saturated carbocycles. The van der Waals surface area contributed by atoms with Crippen molar-refractivity contribution in [2.24, 2.45) is 5.16 Å². The lowest BCUT2D eigenvalue weighted by Crippen LogP contribution is -2.44. The standard InChI is InChI=1S/C29H23F2N3O5/c1-2-29(37)22-12-24-26-19(14-34(24)27(35)21(22)15-38-28(29)36)10-17-4-3-5-18(25(17)33-26)13-32-39-9-8-16-6-7-20(30)11-23(16)31/h3-7,10-13,37H,2,8-9,14-15H2,1H3/b32-13+/t29-/m0/s1. The molecule has 0 spiro atoms. The van der Waals surface area contributed by atoms with Gasteiger partial charge in [-0.3, -0.25) is 4.79 Å². The van der Waals surface area contributed by atoms with Crippen molar-refractivity contribution in [3.05, 3.63) is 98.3 Å². The van der Waals surface area contributed by atoms with Gasteiger partial charge in [-0.15, -0.1) is 0 Å². The molecule has 0 unspecified atom stereocenters. The van der Waals surface area contributed by atoms with Crippen LogP contribution in [0.25, 0.3) is 22.3 Å². The summed E-state index contributed by atoms with van der Waals surface area (Å²) in [5.74, 6) is -2.04. The maximum absolute atomic E-state index is 13.8. The molecule has 2 aliphatic heterocycles. The van der Waals surface area contributed by atoms with E-state index < -0.39 is 23.2 Å². The number of carbonyl (C=O) groups excluding carboxylic acids is 1. The summed E-state index contributed by atoms with van der Waals surface area (Å²) in [4.78, 5) is 35.9. The van der Waals surface area contributed by atoms with Gasteiger partial charge in [-0.1, -0.05) is 36.3 Å². The molecule has 0 aliphatic carbocycles. The third-order valence-corrected chi connectivity index (χ3v) is 7.31. The molecule has 2 aliphatic rings. The Balaban J connectivity index is 1.32. The predicted molar refractivity (Wildman–Crippen MR) is 138 cm³/mol. The Bertz CT molecular complexity index is 1750. The highest BCUT2D eigenvalue weighted by Crippen LogP contribution is 2.38. The van der Waals surface area contributed by atoms with Crippen molar-refractivity contribution in [2.75, 3.05) is 6.61 Å². The lowest BCUT2D eigenvalue weighted by atomic mass is 9.86. The fourth-order valence-electron chi connectivity index (χ4n) is 5.16. The molecule has 2 aromatic heterocycles. The molecule has 4 heterocycles. The number of carbonyl (C=O) groups is 1. The van der Waals surface area contributed by atoms with Crippen LogP contribution in [-0.2, 0) is 39.5 Å². The van der Waals surface area contributed by atoms with Crippen molar-refractivity contribution in [1.82, 2.24) is 9.55 Å². The average Bonchev–Trinajstić information content (AvgIpc) is 3.28. The largest absolute Gasteiger partial charge is 0.458 e. The van der Waals surface area contributed by atoms with E-state index in [1.165, 1.54) is 18.3 Å². The first-order valence-corrected chi connectivity index (χ1v) is 12.5. The normalized spacial score (nSPS) is 17.7. The van der Waals surface area contributed by atoms with E-state index in [4.69, 9.17) is 14.6 Å². The monoisotopic (exact) mass is 531 g/mol. The summed E-state index contributed by atoms with van der Waals surface area (Å²) in [7, 11) is 0. The van der Waals surface area contributed by atoms with Gasteiger partial charge in [-0.05, 0) is 30.2 Å².